The van der Waals surface area contributed by atoms with Gasteiger partial charge in [0, 0.05) is 24.2 Å². The highest BCUT2D eigenvalue weighted by Gasteiger charge is 2.33. The molecule has 0 N–H and O–H groups in total. The van der Waals surface area contributed by atoms with Crippen LogP contribution in [0.1, 0.15) is 79.1 Å². The Morgan fingerprint density at radius 1 is 1.14 bits per heavy atom. The van der Waals surface area contributed by atoms with E-state index in [1.165, 1.54) is 5.56 Å². The Labute approximate surface area is 165 Å². The Morgan fingerprint density at radius 2 is 1.93 bits per heavy atom. The highest BCUT2D eigenvalue weighted by atomic mass is 16.2. The molecule has 3 heterocycles. The summed E-state index contributed by atoms with van der Waals surface area (Å²) < 4.78 is 1.94. The van der Waals surface area contributed by atoms with Crippen LogP contribution in [0.3, 0.4) is 0 Å². The van der Waals surface area contributed by atoms with E-state index in [0.29, 0.717) is 5.92 Å². The van der Waals surface area contributed by atoms with Crippen LogP contribution >= 0.6 is 0 Å². The van der Waals surface area contributed by atoms with E-state index < -0.39 is 0 Å². The van der Waals surface area contributed by atoms with E-state index in [1.54, 1.807) is 0 Å². The molecule has 2 fully saturated rings. The van der Waals surface area contributed by atoms with Gasteiger partial charge >= 0.3 is 0 Å². The first kappa shape index (κ1) is 17.4. The van der Waals surface area contributed by atoms with E-state index in [9.17, 15) is 4.79 Å². The molecular weight excluding hydrogens is 348 g/mol. The molecule has 1 saturated heterocycles. The van der Waals surface area contributed by atoms with Crippen LogP contribution in [0, 0.1) is 0 Å². The Bertz CT molecular complexity index is 1020. The van der Waals surface area contributed by atoms with Gasteiger partial charge in [0.2, 0.25) is 0 Å². The quantitative estimate of drug-likeness (QED) is 0.655. The summed E-state index contributed by atoms with van der Waals surface area (Å²) in [5, 5.41) is 5.42. The van der Waals surface area contributed by atoms with Crippen molar-refractivity contribution in [1.82, 2.24) is 19.7 Å². The summed E-state index contributed by atoms with van der Waals surface area (Å²) in [6.45, 7) is 5.01. The highest BCUT2D eigenvalue weighted by Crippen LogP contribution is 2.41. The van der Waals surface area contributed by atoms with E-state index in [0.717, 1.165) is 54.5 Å². The predicted molar refractivity (Wildman–Crippen MR) is 109 cm³/mol. The number of rotatable bonds is 4. The van der Waals surface area contributed by atoms with Crippen molar-refractivity contribution in [2.45, 2.75) is 57.5 Å². The fourth-order valence-electron chi connectivity index (χ4n) is 4.37. The van der Waals surface area contributed by atoms with Crippen molar-refractivity contribution < 1.29 is 4.79 Å². The lowest BCUT2D eigenvalue weighted by atomic mass is 10.0. The molecular formula is C23H26N4O. The zero-order chi connectivity index (χ0) is 19.3. The van der Waals surface area contributed by atoms with Gasteiger partial charge in [-0.05, 0) is 51.2 Å². The van der Waals surface area contributed by atoms with Gasteiger partial charge in [0.25, 0.3) is 5.91 Å². The Morgan fingerprint density at radius 3 is 2.64 bits per heavy atom. The largest absolute Gasteiger partial charge is 0.332 e. The number of fused-ring (bicyclic) bond motifs is 1. The molecule has 1 unspecified atom stereocenters. The first-order valence-corrected chi connectivity index (χ1v) is 10.4. The predicted octanol–water partition coefficient (Wildman–Crippen LogP) is 4.87. The normalized spacial score (nSPS) is 19.7. The van der Waals surface area contributed by atoms with E-state index in [4.69, 9.17) is 4.98 Å². The maximum absolute atomic E-state index is 13.7. The summed E-state index contributed by atoms with van der Waals surface area (Å²) in [4.78, 5) is 20.6. The monoisotopic (exact) mass is 374 g/mol. The third-order valence-electron chi connectivity index (χ3n) is 6.00. The summed E-state index contributed by atoms with van der Waals surface area (Å²) in [6.07, 6.45) is 6.21. The summed E-state index contributed by atoms with van der Waals surface area (Å²) >= 11 is 0. The molecule has 2 aliphatic rings. The Kier molecular flexibility index (Phi) is 4.18. The number of amides is 1. The average molecular weight is 374 g/mol. The summed E-state index contributed by atoms with van der Waals surface area (Å²) in [6, 6.07) is 12.8. The zero-order valence-corrected chi connectivity index (χ0v) is 16.5. The molecule has 3 aromatic rings. The molecule has 1 saturated carbocycles. The third-order valence-corrected chi connectivity index (χ3v) is 6.00. The molecule has 144 valence electrons. The van der Waals surface area contributed by atoms with Crippen molar-refractivity contribution in [2.24, 2.45) is 0 Å². The SMILES string of the molecule is CC(C)n1ncc2c(C(=O)N3CCCC3c3ccccc3)cc(C3CC3)nc21. The van der Waals surface area contributed by atoms with Crippen molar-refractivity contribution in [1.29, 1.82) is 0 Å². The minimum absolute atomic E-state index is 0.115. The lowest BCUT2D eigenvalue weighted by molar-refractivity contribution is 0.0737. The second-order valence-corrected chi connectivity index (χ2v) is 8.36. The molecule has 1 aliphatic heterocycles. The van der Waals surface area contributed by atoms with Crippen molar-refractivity contribution in [3.05, 3.63) is 59.4 Å². The van der Waals surface area contributed by atoms with Crippen LogP contribution in [0.4, 0.5) is 0 Å². The van der Waals surface area contributed by atoms with Gasteiger partial charge in [-0.15, -0.1) is 0 Å². The summed E-state index contributed by atoms with van der Waals surface area (Å²) in [5.74, 6) is 0.610. The highest BCUT2D eigenvalue weighted by molar-refractivity contribution is 6.05. The van der Waals surface area contributed by atoms with Gasteiger partial charge in [0.1, 0.15) is 0 Å². The number of aromatic nitrogens is 3. The molecule has 1 aliphatic carbocycles. The number of carbonyl (C=O) groups excluding carboxylic acids is 1. The molecule has 28 heavy (non-hydrogen) atoms. The molecule has 5 rings (SSSR count). The van der Waals surface area contributed by atoms with Crippen LogP contribution in [0.25, 0.3) is 11.0 Å². The molecule has 5 heteroatoms. The first-order chi connectivity index (χ1) is 13.6. The second-order valence-electron chi connectivity index (χ2n) is 8.36. The lowest BCUT2D eigenvalue weighted by Crippen LogP contribution is -2.30. The van der Waals surface area contributed by atoms with Gasteiger partial charge in [-0.3, -0.25) is 4.79 Å². The number of pyridine rings is 1. The molecule has 1 atom stereocenters. The smallest absolute Gasteiger partial charge is 0.255 e. The maximum Gasteiger partial charge on any atom is 0.255 e. The second kappa shape index (κ2) is 6.73. The van der Waals surface area contributed by atoms with Gasteiger partial charge in [0.15, 0.2) is 5.65 Å². The molecule has 1 aromatic carbocycles. The van der Waals surface area contributed by atoms with Crippen LogP contribution in [-0.4, -0.2) is 32.1 Å². The van der Waals surface area contributed by atoms with Crippen molar-refractivity contribution >= 4 is 16.9 Å². The van der Waals surface area contributed by atoms with E-state index >= 15 is 0 Å². The van der Waals surface area contributed by atoms with E-state index in [2.05, 4.69) is 43.2 Å². The van der Waals surface area contributed by atoms with Gasteiger partial charge in [0.05, 0.1) is 23.2 Å². The van der Waals surface area contributed by atoms with Gasteiger partial charge in [-0.25, -0.2) is 9.67 Å². The van der Waals surface area contributed by atoms with Crippen LogP contribution in [0.5, 0.6) is 0 Å². The maximum atomic E-state index is 13.7. The molecule has 0 radical (unpaired) electrons. The van der Waals surface area contributed by atoms with Gasteiger partial charge in [-0.2, -0.15) is 5.10 Å². The number of likely N-dealkylation sites (tertiary alicyclic amines) is 1. The fourth-order valence-corrected chi connectivity index (χ4v) is 4.37. The number of benzene rings is 1. The Hall–Kier alpha value is -2.69. The number of hydrogen-bond acceptors (Lipinski definition) is 3. The van der Waals surface area contributed by atoms with Crippen LogP contribution < -0.4 is 0 Å². The molecule has 0 bridgehead atoms. The van der Waals surface area contributed by atoms with Crippen LogP contribution in [0.15, 0.2) is 42.6 Å². The molecule has 1 amide bonds. The summed E-state index contributed by atoms with van der Waals surface area (Å²) in [7, 11) is 0. The summed E-state index contributed by atoms with van der Waals surface area (Å²) in [5.41, 5.74) is 3.88. The topological polar surface area (TPSA) is 51.0 Å². The van der Waals surface area contributed by atoms with Crippen LogP contribution in [-0.2, 0) is 0 Å². The molecule has 5 nitrogen and oxygen atoms in total. The van der Waals surface area contributed by atoms with E-state index in [1.807, 2.05) is 27.9 Å². The lowest BCUT2D eigenvalue weighted by Gasteiger charge is -2.25. The van der Waals surface area contributed by atoms with Gasteiger partial charge in [-0.1, -0.05) is 30.3 Å². The number of carbonyl (C=O) groups is 1. The number of nitrogens with zero attached hydrogens (tertiary/aromatic N) is 4. The van der Waals surface area contributed by atoms with Crippen molar-refractivity contribution in [3.63, 3.8) is 0 Å². The average Bonchev–Trinajstić information content (AvgIpc) is 3.28. The molecule has 2 aromatic heterocycles. The van der Waals surface area contributed by atoms with Crippen molar-refractivity contribution in [2.75, 3.05) is 6.54 Å². The Balaban J connectivity index is 1.59. The standard InChI is InChI=1S/C23H26N4O/c1-15(2)27-22-19(14-24-27)18(13-20(25-22)16-10-11-16)23(28)26-12-6-9-21(26)17-7-4-3-5-8-17/h3-5,7-8,13-16,21H,6,9-12H2,1-2H3. The minimum Gasteiger partial charge on any atom is -0.332 e. The van der Waals surface area contributed by atoms with Crippen LogP contribution in [0.2, 0.25) is 0 Å². The van der Waals surface area contributed by atoms with Gasteiger partial charge < -0.3 is 4.90 Å². The zero-order valence-electron chi connectivity index (χ0n) is 16.5. The van der Waals surface area contributed by atoms with Crippen molar-refractivity contribution in [3.8, 4) is 0 Å². The fraction of sp³-hybridized carbons (Fsp3) is 0.435. The minimum atomic E-state index is 0.115. The first-order valence-electron chi connectivity index (χ1n) is 10.4. The number of hydrogen-bond donors (Lipinski definition) is 0. The third kappa shape index (κ3) is 2.89. The van der Waals surface area contributed by atoms with E-state index in [-0.39, 0.29) is 18.0 Å². The molecule has 0 spiro atoms.